The summed E-state index contributed by atoms with van der Waals surface area (Å²) in [7, 11) is 0. The Balaban J connectivity index is 2.14. The molecule has 4 heteroatoms. The zero-order chi connectivity index (χ0) is 13.1. The van der Waals surface area contributed by atoms with E-state index in [4.69, 9.17) is 0 Å². The standard InChI is InChI=1S/C14H14FNOS/c1-3-10-8-13(18-9(10)2)14(17)16-12-6-4-11(15)5-7-12/h4-8H,3H2,1-2H3,(H,16,17). The van der Waals surface area contributed by atoms with E-state index in [2.05, 4.69) is 12.2 Å². The third-order valence-corrected chi connectivity index (χ3v) is 3.82. The molecule has 94 valence electrons. The maximum Gasteiger partial charge on any atom is 0.265 e. The Morgan fingerprint density at radius 1 is 1.33 bits per heavy atom. The molecule has 0 aliphatic rings. The monoisotopic (exact) mass is 263 g/mol. The van der Waals surface area contributed by atoms with E-state index >= 15 is 0 Å². The number of aryl methyl sites for hydroxylation is 2. The molecule has 0 saturated heterocycles. The van der Waals surface area contributed by atoms with Crippen LogP contribution in [0.1, 0.15) is 27.0 Å². The van der Waals surface area contributed by atoms with Crippen molar-refractivity contribution in [2.24, 2.45) is 0 Å². The normalized spacial score (nSPS) is 10.4. The van der Waals surface area contributed by atoms with Crippen molar-refractivity contribution in [3.63, 3.8) is 0 Å². The van der Waals surface area contributed by atoms with Crippen LogP contribution in [0.4, 0.5) is 10.1 Å². The molecule has 1 aromatic heterocycles. The number of nitrogens with one attached hydrogen (secondary N) is 1. The minimum atomic E-state index is -0.312. The summed E-state index contributed by atoms with van der Waals surface area (Å²) in [6, 6.07) is 7.67. The Kier molecular flexibility index (Phi) is 3.77. The molecular weight excluding hydrogens is 249 g/mol. The van der Waals surface area contributed by atoms with Gasteiger partial charge in [0.05, 0.1) is 4.88 Å². The molecule has 1 amide bonds. The third-order valence-electron chi connectivity index (χ3n) is 2.73. The number of amides is 1. The number of rotatable bonds is 3. The third kappa shape index (κ3) is 2.76. The topological polar surface area (TPSA) is 29.1 Å². The van der Waals surface area contributed by atoms with Gasteiger partial charge in [-0.05, 0) is 49.2 Å². The predicted molar refractivity (Wildman–Crippen MR) is 72.8 cm³/mol. The lowest BCUT2D eigenvalue weighted by Crippen LogP contribution is -2.09. The van der Waals surface area contributed by atoms with Crippen LogP contribution in [0.5, 0.6) is 0 Å². The first-order valence-corrected chi connectivity index (χ1v) is 6.58. The highest BCUT2D eigenvalue weighted by molar-refractivity contribution is 7.14. The van der Waals surface area contributed by atoms with Gasteiger partial charge in [-0.3, -0.25) is 4.79 Å². The molecule has 0 aliphatic heterocycles. The second kappa shape index (κ2) is 5.31. The van der Waals surface area contributed by atoms with E-state index in [1.54, 1.807) is 12.1 Å². The summed E-state index contributed by atoms with van der Waals surface area (Å²) in [4.78, 5) is 13.8. The van der Waals surface area contributed by atoms with Crippen LogP contribution < -0.4 is 5.32 Å². The largest absolute Gasteiger partial charge is 0.321 e. The maximum absolute atomic E-state index is 12.7. The highest BCUT2D eigenvalue weighted by Gasteiger charge is 2.11. The van der Waals surface area contributed by atoms with E-state index in [1.165, 1.54) is 33.9 Å². The van der Waals surface area contributed by atoms with E-state index in [0.29, 0.717) is 10.6 Å². The molecule has 0 aliphatic carbocycles. The number of anilines is 1. The zero-order valence-electron chi connectivity index (χ0n) is 10.3. The smallest absolute Gasteiger partial charge is 0.265 e. The van der Waals surface area contributed by atoms with Crippen LogP contribution >= 0.6 is 11.3 Å². The number of hydrogen-bond donors (Lipinski definition) is 1. The van der Waals surface area contributed by atoms with Crippen LogP contribution in [0.25, 0.3) is 0 Å². The van der Waals surface area contributed by atoms with Crippen LogP contribution in [0.2, 0.25) is 0 Å². The van der Waals surface area contributed by atoms with Crippen LogP contribution in [-0.4, -0.2) is 5.91 Å². The quantitative estimate of drug-likeness (QED) is 0.890. The lowest BCUT2D eigenvalue weighted by atomic mass is 10.2. The fourth-order valence-corrected chi connectivity index (χ4v) is 2.72. The molecule has 0 unspecified atom stereocenters. The molecule has 1 aromatic carbocycles. The average Bonchev–Trinajstić information content (AvgIpc) is 2.73. The van der Waals surface area contributed by atoms with Crippen molar-refractivity contribution in [3.05, 3.63) is 51.5 Å². The van der Waals surface area contributed by atoms with Gasteiger partial charge >= 0.3 is 0 Å². The summed E-state index contributed by atoms with van der Waals surface area (Å²) >= 11 is 1.48. The van der Waals surface area contributed by atoms with Gasteiger partial charge in [-0.15, -0.1) is 11.3 Å². The first-order chi connectivity index (χ1) is 8.60. The number of carbonyl (C=O) groups is 1. The Hall–Kier alpha value is -1.68. The van der Waals surface area contributed by atoms with E-state index in [-0.39, 0.29) is 11.7 Å². The van der Waals surface area contributed by atoms with Crippen molar-refractivity contribution in [3.8, 4) is 0 Å². The summed E-state index contributed by atoms with van der Waals surface area (Å²) in [5.41, 5.74) is 1.80. The molecule has 0 radical (unpaired) electrons. The number of benzene rings is 1. The predicted octanol–water partition coefficient (Wildman–Crippen LogP) is 4.01. The molecule has 0 atom stereocenters. The lowest BCUT2D eigenvalue weighted by molar-refractivity contribution is 0.103. The molecule has 2 nitrogen and oxygen atoms in total. The highest BCUT2D eigenvalue weighted by Crippen LogP contribution is 2.23. The molecule has 0 bridgehead atoms. The van der Waals surface area contributed by atoms with Crippen molar-refractivity contribution in [2.75, 3.05) is 5.32 Å². The molecule has 18 heavy (non-hydrogen) atoms. The van der Waals surface area contributed by atoms with Crippen molar-refractivity contribution in [1.82, 2.24) is 0 Å². The Morgan fingerprint density at radius 2 is 2.00 bits per heavy atom. The van der Waals surface area contributed by atoms with Gasteiger partial charge < -0.3 is 5.32 Å². The van der Waals surface area contributed by atoms with Crippen LogP contribution in [0.15, 0.2) is 30.3 Å². The SMILES string of the molecule is CCc1cc(C(=O)Nc2ccc(F)cc2)sc1C. The molecule has 1 heterocycles. The molecule has 2 aromatic rings. The van der Waals surface area contributed by atoms with Gasteiger partial charge in [0.2, 0.25) is 0 Å². The van der Waals surface area contributed by atoms with Gasteiger partial charge in [0, 0.05) is 10.6 Å². The van der Waals surface area contributed by atoms with Gasteiger partial charge in [0.25, 0.3) is 5.91 Å². The molecular formula is C14H14FNOS. The fourth-order valence-electron chi connectivity index (χ4n) is 1.71. The van der Waals surface area contributed by atoms with Gasteiger partial charge in [0.1, 0.15) is 5.82 Å². The Bertz CT molecular complexity index is 560. The number of hydrogen-bond acceptors (Lipinski definition) is 2. The van der Waals surface area contributed by atoms with Gasteiger partial charge in [-0.25, -0.2) is 4.39 Å². The van der Waals surface area contributed by atoms with Crippen LogP contribution in [0.3, 0.4) is 0 Å². The van der Waals surface area contributed by atoms with Crippen LogP contribution in [-0.2, 0) is 6.42 Å². The first kappa shape index (κ1) is 12.8. The molecule has 0 fully saturated rings. The fraction of sp³-hybridized carbons (Fsp3) is 0.214. The molecule has 0 saturated carbocycles. The highest BCUT2D eigenvalue weighted by atomic mass is 32.1. The lowest BCUT2D eigenvalue weighted by Gasteiger charge is -2.02. The second-order valence-electron chi connectivity index (χ2n) is 4.01. The van der Waals surface area contributed by atoms with Crippen LogP contribution in [0, 0.1) is 12.7 Å². The number of halogens is 1. The first-order valence-electron chi connectivity index (χ1n) is 5.76. The summed E-state index contributed by atoms with van der Waals surface area (Å²) in [5.74, 6) is -0.456. The van der Waals surface area contributed by atoms with Gasteiger partial charge in [-0.1, -0.05) is 6.92 Å². The van der Waals surface area contributed by atoms with E-state index in [9.17, 15) is 9.18 Å². The molecule has 0 spiro atoms. The summed E-state index contributed by atoms with van der Waals surface area (Å²) in [6.07, 6.45) is 0.923. The van der Waals surface area contributed by atoms with Gasteiger partial charge in [-0.2, -0.15) is 0 Å². The average molecular weight is 263 g/mol. The van der Waals surface area contributed by atoms with E-state index in [0.717, 1.165) is 6.42 Å². The minimum Gasteiger partial charge on any atom is -0.321 e. The van der Waals surface area contributed by atoms with Gasteiger partial charge in [0.15, 0.2) is 0 Å². The Morgan fingerprint density at radius 3 is 2.56 bits per heavy atom. The second-order valence-corrected chi connectivity index (χ2v) is 5.26. The van der Waals surface area contributed by atoms with E-state index < -0.39 is 0 Å². The summed E-state index contributed by atoms with van der Waals surface area (Å²) in [5, 5.41) is 2.75. The van der Waals surface area contributed by atoms with Crippen molar-refractivity contribution < 1.29 is 9.18 Å². The zero-order valence-corrected chi connectivity index (χ0v) is 11.1. The van der Waals surface area contributed by atoms with E-state index in [1.807, 2.05) is 13.0 Å². The van der Waals surface area contributed by atoms with Crippen molar-refractivity contribution in [2.45, 2.75) is 20.3 Å². The summed E-state index contributed by atoms with van der Waals surface area (Å²) < 4.78 is 12.7. The van der Waals surface area contributed by atoms with Crippen molar-refractivity contribution in [1.29, 1.82) is 0 Å². The Labute approximate surface area is 109 Å². The van der Waals surface area contributed by atoms with Crippen molar-refractivity contribution >= 4 is 22.9 Å². The summed E-state index contributed by atoms with van der Waals surface area (Å²) in [6.45, 7) is 4.08. The maximum atomic E-state index is 12.7. The number of carbonyl (C=O) groups excluding carboxylic acids is 1. The minimum absolute atomic E-state index is 0.144. The number of thiophene rings is 1. The molecule has 2 rings (SSSR count). The molecule has 1 N–H and O–H groups in total.